The molecular weight excluding hydrogens is 224 g/mol. The Morgan fingerprint density at radius 3 is 1.67 bits per heavy atom. The zero-order valence-corrected chi connectivity index (χ0v) is 10.6. The molecule has 0 radical (unpaired) electrons. The largest absolute Gasteiger partial charge is 0.355 e. The molecule has 3 rings (SSSR count). The zero-order chi connectivity index (χ0) is 12.5. The van der Waals surface area contributed by atoms with Crippen LogP contribution in [-0.4, -0.2) is 20.5 Å². The Morgan fingerprint density at radius 1 is 0.778 bits per heavy atom. The summed E-state index contributed by atoms with van der Waals surface area (Å²) in [5.41, 5.74) is 5.15. The van der Waals surface area contributed by atoms with Crippen LogP contribution in [0.15, 0.2) is 48.5 Å². The first-order valence-electron chi connectivity index (χ1n) is 6.10. The Kier molecular flexibility index (Phi) is 2.90. The molecule has 18 heavy (non-hydrogen) atoms. The number of hydrogen-bond acceptors (Lipinski definition) is 2. The Labute approximate surface area is 107 Å². The van der Waals surface area contributed by atoms with Gasteiger partial charge in [0.15, 0.2) is 6.29 Å². The third kappa shape index (κ3) is 1.57. The van der Waals surface area contributed by atoms with E-state index < -0.39 is 0 Å². The molecule has 0 saturated heterocycles. The molecule has 0 aliphatic heterocycles. The van der Waals surface area contributed by atoms with Gasteiger partial charge in [0, 0.05) is 14.2 Å². The molecule has 0 spiro atoms. The molecule has 0 fully saturated rings. The van der Waals surface area contributed by atoms with Crippen molar-refractivity contribution in [2.75, 3.05) is 14.2 Å². The molecule has 0 N–H and O–H groups in total. The summed E-state index contributed by atoms with van der Waals surface area (Å²) in [7, 11) is 3.38. The maximum Gasteiger partial charge on any atom is 0.167 e. The van der Waals surface area contributed by atoms with Crippen molar-refractivity contribution >= 4 is 0 Å². The van der Waals surface area contributed by atoms with Crippen LogP contribution < -0.4 is 0 Å². The van der Waals surface area contributed by atoms with Gasteiger partial charge in [-0.15, -0.1) is 0 Å². The van der Waals surface area contributed by atoms with Crippen LogP contribution in [0.5, 0.6) is 0 Å². The van der Waals surface area contributed by atoms with Gasteiger partial charge in [0.2, 0.25) is 0 Å². The molecule has 0 unspecified atom stereocenters. The summed E-state index contributed by atoms with van der Waals surface area (Å²) in [4.78, 5) is 0. The molecule has 2 nitrogen and oxygen atoms in total. The van der Waals surface area contributed by atoms with Gasteiger partial charge in [-0.1, -0.05) is 48.5 Å². The predicted octanol–water partition coefficient (Wildman–Crippen LogP) is 3.42. The second-order valence-corrected chi connectivity index (χ2v) is 4.49. The minimum absolute atomic E-state index is 0.160. The van der Waals surface area contributed by atoms with Gasteiger partial charge in [0.1, 0.15) is 0 Å². The number of fused-ring (bicyclic) bond motifs is 3. The minimum atomic E-state index is -0.241. The van der Waals surface area contributed by atoms with E-state index in [1.807, 2.05) is 0 Å². The molecule has 2 aromatic carbocycles. The Hall–Kier alpha value is -1.64. The third-order valence-electron chi connectivity index (χ3n) is 3.62. The zero-order valence-electron chi connectivity index (χ0n) is 10.6. The van der Waals surface area contributed by atoms with Crippen LogP contribution in [0.25, 0.3) is 11.1 Å². The molecule has 0 amide bonds. The van der Waals surface area contributed by atoms with E-state index in [-0.39, 0.29) is 12.2 Å². The van der Waals surface area contributed by atoms with E-state index in [1.165, 1.54) is 22.3 Å². The number of methoxy groups -OCH3 is 2. The van der Waals surface area contributed by atoms with E-state index in [2.05, 4.69) is 48.5 Å². The normalized spacial score (nSPS) is 13.7. The lowest BCUT2D eigenvalue weighted by atomic mass is 9.96. The van der Waals surface area contributed by atoms with Crippen molar-refractivity contribution in [2.24, 2.45) is 0 Å². The topological polar surface area (TPSA) is 18.5 Å². The number of rotatable bonds is 3. The lowest BCUT2D eigenvalue weighted by molar-refractivity contribution is -0.110. The van der Waals surface area contributed by atoms with Crippen LogP contribution in [0.1, 0.15) is 17.0 Å². The van der Waals surface area contributed by atoms with Gasteiger partial charge < -0.3 is 9.47 Å². The summed E-state index contributed by atoms with van der Waals surface area (Å²) >= 11 is 0. The van der Waals surface area contributed by atoms with Crippen molar-refractivity contribution < 1.29 is 9.47 Å². The van der Waals surface area contributed by atoms with Gasteiger partial charge in [-0.05, 0) is 22.3 Å². The maximum atomic E-state index is 5.47. The average Bonchev–Trinajstić information content (AvgIpc) is 2.76. The molecule has 0 aromatic heterocycles. The van der Waals surface area contributed by atoms with Gasteiger partial charge in [-0.2, -0.15) is 0 Å². The quantitative estimate of drug-likeness (QED) is 0.765. The second kappa shape index (κ2) is 4.56. The lowest BCUT2D eigenvalue weighted by Crippen LogP contribution is -2.22. The molecule has 0 heterocycles. The fourth-order valence-electron chi connectivity index (χ4n) is 2.86. The molecule has 0 saturated carbocycles. The molecule has 2 aromatic rings. The molecule has 92 valence electrons. The van der Waals surface area contributed by atoms with Crippen LogP contribution in [0, 0.1) is 0 Å². The molecule has 1 aliphatic carbocycles. The van der Waals surface area contributed by atoms with Crippen LogP contribution in [0.3, 0.4) is 0 Å². The molecule has 2 heteroatoms. The monoisotopic (exact) mass is 240 g/mol. The first kappa shape index (κ1) is 11.5. The highest BCUT2D eigenvalue weighted by atomic mass is 16.7. The number of hydrogen-bond donors (Lipinski definition) is 0. The fraction of sp³-hybridized carbons (Fsp3) is 0.250. The summed E-state index contributed by atoms with van der Waals surface area (Å²) in [6, 6.07) is 16.9. The van der Waals surface area contributed by atoms with Crippen molar-refractivity contribution in [3.63, 3.8) is 0 Å². The Morgan fingerprint density at radius 2 is 1.22 bits per heavy atom. The standard InChI is InChI=1S/C16H16O2/c1-17-16(18-2)15-13-9-5-3-7-11(13)12-8-4-6-10-14(12)15/h3-10,15-16H,1-2H3. The lowest BCUT2D eigenvalue weighted by Gasteiger charge is -2.22. The van der Waals surface area contributed by atoms with Crippen molar-refractivity contribution in [1.82, 2.24) is 0 Å². The molecule has 0 bridgehead atoms. The first-order chi connectivity index (χ1) is 8.86. The number of benzene rings is 2. The fourth-order valence-corrected chi connectivity index (χ4v) is 2.86. The molecule has 0 atom stereocenters. The summed E-state index contributed by atoms with van der Waals surface area (Å²) in [5, 5.41) is 0. The summed E-state index contributed by atoms with van der Waals surface area (Å²) in [5.74, 6) is 0.160. The summed E-state index contributed by atoms with van der Waals surface area (Å²) < 4.78 is 10.9. The van der Waals surface area contributed by atoms with Gasteiger partial charge in [0.05, 0.1) is 5.92 Å². The summed E-state index contributed by atoms with van der Waals surface area (Å²) in [6.45, 7) is 0. The first-order valence-corrected chi connectivity index (χ1v) is 6.10. The minimum Gasteiger partial charge on any atom is -0.355 e. The van der Waals surface area contributed by atoms with Crippen molar-refractivity contribution in [1.29, 1.82) is 0 Å². The van der Waals surface area contributed by atoms with Crippen LogP contribution in [-0.2, 0) is 9.47 Å². The van der Waals surface area contributed by atoms with E-state index in [1.54, 1.807) is 14.2 Å². The highest BCUT2D eigenvalue weighted by Crippen LogP contribution is 2.46. The van der Waals surface area contributed by atoms with Crippen LogP contribution in [0.4, 0.5) is 0 Å². The SMILES string of the molecule is COC(OC)C1c2ccccc2-c2ccccc21. The van der Waals surface area contributed by atoms with Gasteiger partial charge in [-0.3, -0.25) is 0 Å². The van der Waals surface area contributed by atoms with E-state index in [9.17, 15) is 0 Å². The Balaban J connectivity index is 2.20. The van der Waals surface area contributed by atoms with Crippen molar-refractivity contribution in [3.8, 4) is 11.1 Å². The predicted molar refractivity (Wildman–Crippen MR) is 71.5 cm³/mol. The van der Waals surface area contributed by atoms with E-state index in [0.717, 1.165) is 0 Å². The molecular formula is C16H16O2. The summed E-state index contributed by atoms with van der Waals surface area (Å²) in [6.07, 6.45) is -0.241. The smallest absolute Gasteiger partial charge is 0.167 e. The van der Waals surface area contributed by atoms with Gasteiger partial charge in [-0.25, -0.2) is 0 Å². The third-order valence-corrected chi connectivity index (χ3v) is 3.62. The van der Waals surface area contributed by atoms with E-state index >= 15 is 0 Å². The van der Waals surface area contributed by atoms with Crippen molar-refractivity contribution in [2.45, 2.75) is 12.2 Å². The van der Waals surface area contributed by atoms with Crippen LogP contribution in [0.2, 0.25) is 0 Å². The highest BCUT2D eigenvalue weighted by molar-refractivity contribution is 5.78. The van der Waals surface area contributed by atoms with Crippen molar-refractivity contribution in [3.05, 3.63) is 59.7 Å². The van der Waals surface area contributed by atoms with Crippen LogP contribution >= 0.6 is 0 Å². The Bertz CT molecular complexity index is 513. The maximum absolute atomic E-state index is 5.47. The van der Waals surface area contributed by atoms with Gasteiger partial charge >= 0.3 is 0 Å². The average molecular weight is 240 g/mol. The molecule has 1 aliphatic rings. The number of ether oxygens (including phenoxy) is 2. The van der Waals surface area contributed by atoms with E-state index in [4.69, 9.17) is 9.47 Å². The second-order valence-electron chi connectivity index (χ2n) is 4.49. The van der Waals surface area contributed by atoms with E-state index in [0.29, 0.717) is 0 Å². The van der Waals surface area contributed by atoms with Gasteiger partial charge in [0.25, 0.3) is 0 Å². The highest BCUT2D eigenvalue weighted by Gasteiger charge is 2.34.